The summed E-state index contributed by atoms with van der Waals surface area (Å²) in [5, 5.41) is 0.703. The van der Waals surface area contributed by atoms with Gasteiger partial charge in [-0.25, -0.2) is 0 Å². The van der Waals surface area contributed by atoms with E-state index in [1.165, 1.54) is 11.1 Å². The van der Waals surface area contributed by atoms with Gasteiger partial charge in [0, 0.05) is 17.0 Å². The number of halogens is 2. The van der Waals surface area contributed by atoms with Crippen molar-refractivity contribution >= 4 is 27.5 Å². The number of rotatable bonds is 3. The molecule has 104 valence electrons. The highest BCUT2D eigenvalue weighted by Gasteiger charge is 2.19. The van der Waals surface area contributed by atoms with E-state index in [0.29, 0.717) is 5.02 Å². The lowest BCUT2D eigenvalue weighted by Crippen LogP contribution is -1.97. The fraction of sp³-hybridized carbons (Fsp3) is 0.250. The van der Waals surface area contributed by atoms with Gasteiger partial charge in [0.1, 0.15) is 11.5 Å². The van der Waals surface area contributed by atoms with Gasteiger partial charge in [0.15, 0.2) is 0 Å². The standard InChI is InChI=1S/C16H14BrClO2/c1-19-15-5-3-12(18)9-13(15)16(17)11-2-4-14-10(8-11)6-7-20-14/h2-5,8-9,16H,6-7H2,1H3. The van der Waals surface area contributed by atoms with Gasteiger partial charge in [-0.2, -0.15) is 0 Å². The Morgan fingerprint density at radius 3 is 2.90 bits per heavy atom. The smallest absolute Gasteiger partial charge is 0.123 e. The van der Waals surface area contributed by atoms with Crippen molar-refractivity contribution in [2.45, 2.75) is 11.2 Å². The Labute approximate surface area is 131 Å². The fourth-order valence-corrected chi connectivity index (χ4v) is 3.27. The van der Waals surface area contributed by atoms with Crippen molar-refractivity contribution in [1.29, 1.82) is 0 Å². The van der Waals surface area contributed by atoms with Gasteiger partial charge in [0.2, 0.25) is 0 Å². The van der Waals surface area contributed by atoms with Crippen molar-refractivity contribution in [3.05, 3.63) is 58.1 Å². The van der Waals surface area contributed by atoms with Crippen LogP contribution in [0.1, 0.15) is 21.5 Å². The van der Waals surface area contributed by atoms with Crippen LogP contribution in [0, 0.1) is 0 Å². The molecule has 0 radical (unpaired) electrons. The number of ether oxygens (including phenoxy) is 2. The second-order valence-corrected chi connectivity index (χ2v) is 6.07. The predicted octanol–water partition coefficient (Wildman–Crippen LogP) is 4.77. The molecule has 20 heavy (non-hydrogen) atoms. The third kappa shape index (κ3) is 2.52. The number of methoxy groups -OCH3 is 1. The van der Waals surface area contributed by atoms with E-state index in [1.54, 1.807) is 7.11 Å². The lowest BCUT2D eigenvalue weighted by atomic mass is 10.0. The summed E-state index contributed by atoms with van der Waals surface area (Å²) in [7, 11) is 1.67. The van der Waals surface area contributed by atoms with Crippen molar-refractivity contribution in [3.8, 4) is 11.5 Å². The van der Waals surface area contributed by atoms with E-state index in [4.69, 9.17) is 21.1 Å². The Balaban J connectivity index is 2.00. The van der Waals surface area contributed by atoms with E-state index in [2.05, 4.69) is 28.1 Å². The average Bonchev–Trinajstić information content (AvgIpc) is 2.93. The van der Waals surface area contributed by atoms with Crippen LogP contribution in [0.5, 0.6) is 11.5 Å². The van der Waals surface area contributed by atoms with Crippen LogP contribution in [0.2, 0.25) is 5.02 Å². The lowest BCUT2D eigenvalue weighted by Gasteiger charge is -2.16. The molecule has 1 heterocycles. The van der Waals surface area contributed by atoms with Crippen molar-refractivity contribution in [2.24, 2.45) is 0 Å². The maximum absolute atomic E-state index is 6.10. The Hall–Kier alpha value is -1.19. The highest BCUT2D eigenvalue weighted by molar-refractivity contribution is 9.09. The molecule has 0 bridgehead atoms. The second kappa shape index (κ2) is 5.66. The van der Waals surface area contributed by atoms with Crippen LogP contribution in [0.25, 0.3) is 0 Å². The quantitative estimate of drug-likeness (QED) is 0.740. The summed E-state index contributed by atoms with van der Waals surface area (Å²) < 4.78 is 11.0. The second-order valence-electron chi connectivity index (χ2n) is 4.71. The largest absolute Gasteiger partial charge is 0.496 e. The summed E-state index contributed by atoms with van der Waals surface area (Å²) in [6.45, 7) is 0.770. The first-order chi connectivity index (χ1) is 9.69. The number of alkyl halides is 1. The zero-order valence-corrected chi connectivity index (χ0v) is 13.4. The van der Waals surface area contributed by atoms with Crippen LogP contribution in [0.4, 0.5) is 0 Å². The van der Waals surface area contributed by atoms with Crippen molar-refractivity contribution < 1.29 is 9.47 Å². The highest BCUT2D eigenvalue weighted by atomic mass is 79.9. The van der Waals surface area contributed by atoms with Crippen LogP contribution in [-0.2, 0) is 6.42 Å². The molecule has 0 aliphatic carbocycles. The molecule has 1 aliphatic rings. The first-order valence-electron chi connectivity index (χ1n) is 6.42. The minimum Gasteiger partial charge on any atom is -0.496 e. The molecule has 2 aromatic carbocycles. The van der Waals surface area contributed by atoms with Gasteiger partial charge in [-0.05, 0) is 35.4 Å². The number of benzene rings is 2. The van der Waals surface area contributed by atoms with Gasteiger partial charge in [0.25, 0.3) is 0 Å². The maximum atomic E-state index is 6.10. The first kappa shape index (κ1) is 13.8. The number of hydrogen-bond donors (Lipinski definition) is 0. The molecule has 2 aromatic rings. The molecule has 0 N–H and O–H groups in total. The number of hydrogen-bond acceptors (Lipinski definition) is 2. The summed E-state index contributed by atoms with van der Waals surface area (Å²) in [5.41, 5.74) is 3.46. The molecule has 1 unspecified atom stereocenters. The summed E-state index contributed by atoms with van der Waals surface area (Å²) >= 11 is 9.85. The molecule has 0 amide bonds. The topological polar surface area (TPSA) is 18.5 Å². The van der Waals surface area contributed by atoms with Gasteiger partial charge < -0.3 is 9.47 Å². The zero-order valence-electron chi connectivity index (χ0n) is 11.0. The van der Waals surface area contributed by atoms with E-state index >= 15 is 0 Å². The van der Waals surface area contributed by atoms with Gasteiger partial charge in [-0.15, -0.1) is 0 Å². The van der Waals surface area contributed by atoms with E-state index in [-0.39, 0.29) is 4.83 Å². The van der Waals surface area contributed by atoms with E-state index in [9.17, 15) is 0 Å². The first-order valence-corrected chi connectivity index (χ1v) is 7.71. The number of fused-ring (bicyclic) bond motifs is 1. The summed E-state index contributed by atoms with van der Waals surface area (Å²) in [6, 6.07) is 11.9. The fourth-order valence-electron chi connectivity index (χ4n) is 2.45. The highest BCUT2D eigenvalue weighted by Crippen LogP contribution is 2.39. The van der Waals surface area contributed by atoms with Gasteiger partial charge in [-0.1, -0.05) is 39.7 Å². The SMILES string of the molecule is COc1ccc(Cl)cc1C(Br)c1ccc2c(c1)CCO2. The third-order valence-corrected chi connectivity index (χ3v) is 4.73. The monoisotopic (exact) mass is 352 g/mol. The van der Waals surface area contributed by atoms with Crippen molar-refractivity contribution in [2.75, 3.05) is 13.7 Å². The van der Waals surface area contributed by atoms with Crippen LogP contribution in [0.3, 0.4) is 0 Å². The Kier molecular flexibility index (Phi) is 3.90. The lowest BCUT2D eigenvalue weighted by molar-refractivity contribution is 0.357. The molecule has 0 fully saturated rings. The zero-order chi connectivity index (χ0) is 14.1. The molecular weight excluding hydrogens is 340 g/mol. The molecule has 2 nitrogen and oxygen atoms in total. The molecule has 4 heteroatoms. The minimum atomic E-state index is 0.0436. The molecule has 0 saturated carbocycles. The van der Waals surface area contributed by atoms with E-state index < -0.39 is 0 Å². The van der Waals surface area contributed by atoms with Crippen LogP contribution >= 0.6 is 27.5 Å². The summed E-state index contributed by atoms with van der Waals surface area (Å²) in [5.74, 6) is 1.82. The predicted molar refractivity (Wildman–Crippen MR) is 84.4 cm³/mol. The molecule has 1 atom stereocenters. The van der Waals surface area contributed by atoms with Crippen LogP contribution in [-0.4, -0.2) is 13.7 Å². The van der Waals surface area contributed by atoms with E-state index in [0.717, 1.165) is 30.1 Å². The van der Waals surface area contributed by atoms with Gasteiger partial charge in [-0.3, -0.25) is 0 Å². The van der Waals surface area contributed by atoms with Gasteiger partial charge >= 0.3 is 0 Å². The van der Waals surface area contributed by atoms with Crippen LogP contribution in [0.15, 0.2) is 36.4 Å². The molecule has 3 rings (SSSR count). The van der Waals surface area contributed by atoms with Gasteiger partial charge in [0.05, 0.1) is 18.5 Å². The van der Waals surface area contributed by atoms with Crippen molar-refractivity contribution in [1.82, 2.24) is 0 Å². The Morgan fingerprint density at radius 1 is 1.25 bits per heavy atom. The third-order valence-electron chi connectivity index (χ3n) is 3.47. The Bertz CT molecular complexity index is 642. The molecule has 0 spiro atoms. The van der Waals surface area contributed by atoms with Crippen molar-refractivity contribution in [3.63, 3.8) is 0 Å². The molecule has 1 aliphatic heterocycles. The van der Waals surface area contributed by atoms with E-state index in [1.807, 2.05) is 24.3 Å². The minimum absolute atomic E-state index is 0.0436. The van der Waals surface area contributed by atoms with Crippen LogP contribution < -0.4 is 9.47 Å². The molecule has 0 saturated heterocycles. The average molecular weight is 354 g/mol. The summed E-state index contributed by atoms with van der Waals surface area (Å²) in [4.78, 5) is 0.0436. The Morgan fingerprint density at radius 2 is 2.10 bits per heavy atom. The molecular formula is C16H14BrClO2. The normalized spacial score (nSPS) is 14.6. The maximum Gasteiger partial charge on any atom is 0.123 e. The molecule has 0 aromatic heterocycles. The summed E-state index contributed by atoms with van der Waals surface area (Å²) in [6.07, 6.45) is 0.968.